The van der Waals surface area contributed by atoms with Crippen LogP contribution < -0.4 is 5.32 Å². The van der Waals surface area contributed by atoms with Gasteiger partial charge in [-0.15, -0.1) is 0 Å². The summed E-state index contributed by atoms with van der Waals surface area (Å²) in [5, 5.41) is 3.97. The van der Waals surface area contributed by atoms with E-state index in [-0.39, 0.29) is 17.5 Å². The van der Waals surface area contributed by atoms with Crippen LogP contribution in [0.15, 0.2) is 0 Å². The maximum atomic E-state index is 11.4. The van der Waals surface area contributed by atoms with E-state index < -0.39 is 9.84 Å². The Hall–Kier alpha value is 0.610. The average Bonchev–Trinajstić information content (AvgIpc) is 2.27. The normalized spacial score (nSPS) is 24.2. The summed E-state index contributed by atoms with van der Waals surface area (Å²) in [5.41, 5.74) is 0. The number of sulfone groups is 1. The lowest BCUT2D eigenvalue weighted by Gasteiger charge is -2.23. The summed E-state index contributed by atoms with van der Waals surface area (Å²) < 4.78 is 22.8. The molecular weight excluding hydrogens is 262 g/mol. The van der Waals surface area contributed by atoms with Gasteiger partial charge in [0.1, 0.15) is 0 Å². The van der Waals surface area contributed by atoms with Gasteiger partial charge in [-0.1, -0.05) is 6.92 Å². The minimum absolute atomic E-state index is 0.0671. The highest BCUT2D eigenvalue weighted by Crippen LogP contribution is 2.23. The van der Waals surface area contributed by atoms with Crippen molar-refractivity contribution in [3.63, 3.8) is 0 Å². The lowest BCUT2D eigenvalue weighted by molar-refractivity contribution is 0.559. The summed E-state index contributed by atoms with van der Waals surface area (Å²) in [6.07, 6.45) is 0. The lowest BCUT2D eigenvalue weighted by Crippen LogP contribution is -2.39. The van der Waals surface area contributed by atoms with Gasteiger partial charge >= 0.3 is 0 Å². The number of nitrogens with one attached hydrogen (secondary N) is 1. The molecule has 1 aliphatic rings. The van der Waals surface area contributed by atoms with Crippen molar-refractivity contribution >= 4 is 33.4 Å². The summed E-state index contributed by atoms with van der Waals surface area (Å²) in [5.74, 6) is 4.16. The fourth-order valence-electron chi connectivity index (χ4n) is 1.54. The minimum atomic E-state index is -2.85. The van der Waals surface area contributed by atoms with Crippen LogP contribution in [0.4, 0.5) is 0 Å². The van der Waals surface area contributed by atoms with Gasteiger partial charge < -0.3 is 5.32 Å². The first kappa shape index (κ1) is 14.7. The molecule has 0 aromatic heterocycles. The second-order valence-corrected chi connectivity index (χ2v) is 9.03. The van der Waals surface area contributed by atoms with E-state index in [1.807, 2.05) is 30.4 Å². The first-order chi connectivity index (χ1) is 7.53. The van der Waals surface area contributed by atoms with E-state index in [9.17, 15) is 8.42 Å². The van der Waals surface area contributed by atoms with Crippen molar-refractivity contribution in [3.8, 4) is 0 Å². The molecule has 96 valence electrons. The molecule has 6 heteroatoms. The molecule has 0 aliphatic carbocycles. The summed E-state index contributed by atoms with van der Waals surface area (Å²) in [6, 6.07) is 0.0671. The van der Waals surface area contributed by atoms with Crippen LogP contribution in [0.2, 0.25) is 0 Å². The molecular formula is C10H21NO2S3. The van der Waals surface area contributed by atoms with Gasteiger partial charge in [0.2, 0.25) is 0 Å². The van der Waals surface area contributed by atoms with Gasteiger partial charge in [0.25, 0.3) is 0 Å². The van der Waals surface area contributed by atoms with Crippen molar-refractivity contribution < 1.29 is 8.42 Å². The fourth-order valence-corrected chi connectivity index (χ4v) is 5.28. The van der Waals surface area contributed by atoms with Crippen LogP contribution in [-0.4, -0.2) is 55.0 Å². The van der Waals surface area contributed by atoms with Gasteiger partial charge in [0.05, 0.1) is 5.75 Å². The fraction of sp³-hybridized carbons (Fsp3) is 1.00. The highest BCUT2D eigenvalue weighted by Gasteiger charge is 2.17. The van der Waals surface area contributed by atoms with Crippen LogP contribution in [-0.2, 0) is 9.84 Å². The van der Waals surface area contributed by atoms with Crippen LogP contribution in [0, 0.1) is 0 Å². The Labute approximate surface area is 107 Å². The Balaban J connectivity index is 2.21. The van der Waals surface area contributed by atoms with Crippen molar-refractivity contribution in [1.29, 1.82) is 0 Å². The monoisotopic (exact) mass is 283 g/mol. The van der Waals surface area contributed by atoms with Gasteiger partial charge in [-0.25, -0.2) is 8.42 Å². The molecule has 1 N–H and O–H groups in total. The predicted molar refractivity (Wildman–Crippen MR) is 75.4 cm³/mol. The first-order valence-corrected chi connectivity index (χ1v) is 9.69. The molecule has 16 heavy (non-hydrogen) atoms. The van der Waals surface area contributed by atoms with Crippen LogP contribution >= 0.6 is 23.5 Å². The van der Waals surface area contributed by atoms with Gasteiger partial charge in [-0.2, -0.15) is 23.5 Å². The number of hydrogen-bond acceptors (Lipinski definition) is 5. The molecule has 1 fully saturated rings. The standard InChI is InChI=1S/C10H21NO2S3/c1-3-16(12,13)8-9(2)11-6-10-7-14-4-5-15-10/h9-11H,3-8H2,1-2H3. The van der Waals surface area contributed by atoms with Crippen LogP contribution in [0.3, 0.4) is 0 Å². The van der Waals surface area contributed by atoms with E-state index in [1.54, 1.807) is 6.92 Å². The van der Waals surface area contributed by atoms with Gasteiger partial charge in [0, 0.05) is 40.8 Å². The molecule has 1 saturated heterocycles. The van der Waals surface area contributed by atoms with Gasteiger partial charge in [-0.05, 0) is 6.92 Å². The Morgan fingerprint density at radius 3 is 2.75 bits per heavy atom. The largest absolute Gasteiger partial charge is 0.312 e. The van der Waals surface area contributed by atoms with Crippen LogP contribution in [0.1, 0.15) is 13.8 Å². The van der Waals surface area contributed by atoms with E-state index >= 15 is 0 Å². The van der Waals surface area contributed by atoms with Crippen LogP contribution in [0.5, 0.6) is 0 Å². The summed E-state index contributed by atoms with van der Waals surface area (Å²) in [6.45, 7) is 4.58. The average molecular weight is 283 g/mol. The molecule has 2 unspecified atom stereocenters. The molecule has 0 radical (unpaired) electrons. The number of hydrogen-bond donors (Lipinski definition) is 1. The molecule has 0 spiro atoms. The Bertz CT molecular complexity index is 286. The first-order valence-electron chi connectivity index (χ1n) is 5.66. The zero-order chi connectivity index (χ0) is 12.0. The Kier molecular flexibility index (Phi) is 6.54. The highest BCUT2D eigenvalue weighted by atomic mass is 32.2. The topological polar surface area (TPSA) is 46.2 Å². The zero-order valence-corrected chi connectivity index (χ0v) is 12.4. The van der Waals surface area contributed by atoms with Crippen molar-refractivity contribution in [3.05, 3.63) is 0 Å². The van der Waals surface area contributed by atoms with Crippen molar-refractivity contribution in [1.82, 2.24) is 5.32 Å². The molecule has 0 aromatic carbocycles. The molecule has 2 atom stereocenters. The SMILES string of the molecule is CCS(=O)(=O)CC(C)NCC1CSCCS1. The van der Waals surface area contributed by atoms with Crippen molar-refractivity contribution in [2.24, 2.45) is 0 Å². The summed E-state index contributed by atoms with van der Waals surface area (Å²) >= 11 is 3.99. The molecule has 3 nitrogen and oxygen atoms in total. The maximum Gasteiger partial charge on any atom is 0.151 e. The Morgan fingerprint density at radius 2 is 2.19 bits per heavy atom. The molecule has 0 aromatic rings. The van der Waals surface area contributed by atoms with E-state index in [2.05, 4.69) is 5.32 Å². The molecule has 1 rings (SSSR count). The van der Waals surface area contributed by atoms with E-state index in [0.29, 0.717) is 5.25 Å². The third-order valence-electron chi connectivity index (χ3n) is 2.52. The highest BCUT2D eigenvalue weighted by molar-refractivity contribution is 8.06. The predicted octanol–water partition coefficient (Wildman–Crippen LogP) is 1.25. The van der Waals surface area contributed by atoms with Gasteiger partial charge in [0.15, 0.2) is 9.84 Å². The van der Waals surface area contributed by atoms with Crippen molar-refractivity contribution in [2.75, 3.05) is 35.3 Å². The molecule has 0 bridgehead atoms. The van der Waals surface area contributed by atoms with Crippen molar-refractivity contribution in [2.45, 2.75) is 25.1 Å². The molecule has 1 aliphatic heterocycles. The minimum Gasteiger partial charge on any atom is -0.312 e. The molecule has 1 heterocycles. The molecule has 0 saturated carbocycles. The lowest BCUT2D eigenvalue weighted by atomic mass is 10.3. The smallest absolute Gasteiger partial charge is 0.151 e. The van der Waals surface area contributed by atoms with E-state index in [4.69, 9.17) is 0 Å². The summed E-state index contributed by atoms with van der Waals surface area (Å²) in [4.78, 5) is 0. The quantitative estimate of drug-likeness (QED) is 0.795. The molecule has 0 amide bonds. The van der Waals surface area contributed by atoms with E-state index in [0.717, 1.165) is 6.54 Å². The van der Waals surface area contributed by atoms with Gasteiger partial charge in [-0.3, -0.25) is 0 Å². The van der Waals surface area contributed by atoms with Crippen LogP contribution in [0.25, 0.3) is 0 Å². The number of rotatable bonds is 6. The maximum absolute atomic E-state index is 11.4. The summed E-state index contributed by atoms with van der Waals surface area (Å²) in [7, 11) is -2.85. The number of thioether (sulfide) groups is 2. The third-order valence-corrected chi connectivity index (χ3v) is 7.26. The Morgan fingerprint density at radius 1 is 1.44 bits per heavy atom. The third kappa shape index (κ3) is 5.80. The second-order valence-electron chi connectivity index (χ2n) is 4.08. The second kappa shape index (κ2) is 7.13. The van der Waals surface area contributed by atoms with E-state index in [1.165, 1.54) is 17.3 Å². The zero-order valence-electron chi connectivity index (χ0n) is 9.94.